The third-order valence-corrected chi connectivity index (χ3v) is 5.07. The molecule has 4 nitrogen and oxygen atoms in total. The third kappa shape index (κ3) is 3.41. The molecule has 4 heteroatoms. The van der Waals surface area contributed by atoms with E-state index in [2.05, 4.69) is 32.6 Å². The lowest BCUT2D eigenvalue weighted by Gasteiger charge is -2.45. The predicted octanol–water partition coefficient (Wildman–Crippen LogP) is 2.08. The molecule has 2 aliphatic rings. The van der Waals surface area contributed by atoms with E-state index in [0.29, 0.717) is 0 Å². The second-order valence-electron chi connectivity index (χ2n) is 6.56. The van der Waals surface area contributed by atoms with Gasteiger partial charge in [-0.2, -0.15) is 0 Å². The highest BCUT2D eigenvalue weighted by Crippen LogP contribution is 2.31. The van der Waals surface area contributed by atoms with E-state index in [1.165, 1.54) is 51.7 Å². The lowest BCUT2D eigenvalue weighted by atomic mass is 9.83. The second-order valence-corrected chi connectivity index (χ2v) is 6.56. The molecule has 0 unspecified atom stereocenters. The first-order valence-electron chi connectivity index (χ1n) is 8.21. The number of piperidine rings is 2. The lowest BCUT2D eigenvalue weighted by molar-refractivity contribution is 0.0441. The summed E-state index contributed by atoms with van der Waals surface area (Å²) in [6.07, 6.45) is 12.9. The molecular weight excluding hydrogens is 248 g/mol. The zero-order chi connectivity index (χ0) is 13.8. The van der Waals surface area contributed by atoms with Gasteiger partial charge in [-0.1, -0.05) is 6.42 Å². The Morgan fingerprint density at radius 2 is 2.10 bits per heavy atom. The molecule has 0 radical (unpaired) electrons. The molecule has 1 aromatic heterocycles. The molecular formula is C16H28N4. The van der Waals surface area contributed by atoms with Crippen molar-refractivity contribution in [3.05, 3.63) is 18.7 Å². The number of aromatic nitrogens is 2. The van der Waals surface area contributed by atoms with Crippen molar-refractivity contribution in [2.45, 2.75) is 44.7 Å². The van der Waals surface area contributed by atoms with Crippen LogP contribution in [-0.4, -0.2) is 58.6 Å². The molecule has 2 atom stereocenters. The molecule has 0 bridgehead atoms. The number of fused-ring (bicyclic) bond motifs is 1. The number of hydrogen-bond donors (Lipinski definition) is 0. The first-order valence-corrected chi connectivity index (χ1v) is 8.21. The van der Waals surface area contributed by atoms with Gasteiger partial charge in [-0.15, -0.1) is 0 Å². The van der Waals surface area contributed by atoms with Gasteiger partial charge in [-0.05, 0) is 51.7 Å². The van der Waals surface area contributed by atoms with Gasteiger partial charge in [0.2, 0.25) is 0 Å². The molecule has 0 N–H and O–H groups in total. The Balaban J connectivity index is 1.48. The van der Waals surface area contributed by atoms with E-state index in [0.717, 1.165) is 25.0 Å². The minimum Gasteiger partial charge on any atom is -0.336 e. The maximum Gasteiger partial charge on any atom is 0.0946 e. The number of nitrogens with zero attached hydrogens (tertiary/aromatic N) is 4. The largest absolute Gasteiger partial charge is 0.336 e. The fraction of sp³-hybridized carbons (Fsp3) is 0.812. The van der Waals surface area contributed by atoms with Gasteiger partial charge >= 0.3 is 0 Å². The molecule has 3 rings (SSSR count). The van der Waals surface area contributed by atoms with Gasteiger partial charge < -0.3 is 14.4 Å². The molecule has 2 aliphatic heterocycles. The van der Waals surface area contributed by atoms with Crippen LogP contribution in [0.15, 0.2) is 18.7 Å². The van der Waals surface area contributed by atoms with E-state index in [1.54, 1.807) is 0 Å². The fourth-order valence-corrected chi connectivity index (χ4v) is 3.99. The zero-order valence-corrected chi connectivity index (χ0v) is 12.7. The van der Waals surface area contributed by atoms with Gasteiger partial charge in [0.15, 0.2) is 0 Å². The molecule has 0 aliphatic carbocycles. The van der Waals surface area contributed by atoms with E-state index in [4.69, 9.17) is 0 Å². The van der Waals surface area contributed by atoms with Crippen LogP contribution in [-0.2, 0) is 6.54 Å². The summed E-state index contributed by atoms with van der Waals surface area (Å²) < 4.78 is 2.17. The maximum absolute atomic E-state index is 4.11. The van der Waals surface area contributed by atoms with Crippen LogP contribution in [0.25, 0.3) is 0 Å². The highest BCUT2D eigenvalue weighted by molar-refractivity contribution is 4.88. The van der Waals surface area contributed by atoms with Gasteiger partial charge in [0.05, 0.1) is 6.33 Å². The van der Waals surface area contributed by atoms with Crippen molar-refractivity contribution in [3.63, 3.8) is 0 Å². The highest BCUT2D eigenvalue weighted by Gasteiger charge is 2.33. The van der Waals surface area contributed by atoms with E-state index < -0.39 is 0 Å². The predicted molar refractivity (Wildman–Crippen MR) is 81.7 cm³/mol. The molecule has 2 fully saturated rings. The Hall–Kier alpha value is -0.870. The highest BCUT2D eigenvalue weighted by atomic mass is 15.2. The van der Waals surface area contributed by atoms with Crippen molar-refractivity contribution in [1.82, 2.24) is 19.4 Å². The summed E-state index contributed by atoms with van der Waals surface area (Å²) >= 11 is 0. The first-order chi connectivity index (χ1) is 9.83. The quantitative estimate of drug-likeness (QED) is 0.823. The van der Waals surface area contributed by atoms with Crippen LogP contribution in [0.1, 0.15) is 32.1 Å². The SMILES string of the molecule is CN(CCn1ccnc1)C[C@@H]1CCCN2CCCC[C@H]12. The molecule has 112 valence electrons. The average molecular weight is 276 g/mol. The van der Waals surface area contributed by atoms with Crippen LogP contribution >= 0.6 is 0 Å². The Morgan fingerprint density at radius 1 is 1.20 bits per heavy atom. The van der Waals surface area contributed by atoms with E-state index in [9.17, 15) is 0 Å². The molecule has 0 spiro atoms. The van der Waals surface area contributed by atoms with Gasteiger partial charge in [-0.3, -0.25) is 0 Å². The summed E-state index contributed by atoms with van der Waals surface area (Å²) in [6.45, 7) is 6.13. The fourth-order valence-electron chi connectivity index (χ4n) is 3.99. The summed E-state index contributed by atoms with van der Waals surface area (Å²) in [5.74, 6) is 0.886. The summed E-state index contributed by atoms with van der Waals surface area (Å²) in [5.41, 5.74) is 0. The molecule has 0 saturated carbocycles. The van der Waals surface area contributed by atoms with Crippen LogP contribution in [0.2, 0.25) is 0 Å². The van der Waals surface area contributed by atoms with Crippen LogP contribution in [0, 0.1) is 5.92 Å². The minimum absolute atomic E-state index is 0.869. The molecule has 3 heterocycles. The summed E-state index contributed by atoms with van der Waals surface area (Å²) in [7, 11) is 2.28. The zero-order valence-electron chi connectivity index (χ0n) is 12.7. The van der Waals surface area contributed by atoms with Crippen molar-refractivity contribution in [3.8, 4) is 0 Å². The molecule has 0 amide bonds. The van der Waals surface area contributed by atoms with Gasteiger partial charge in [0.1, 0.15) is 0 Å². The van der Waals surface area contributed by atoms with E-state index in [1.807, 2.05) is 12.5 Å². The number of likely N-dealkylation sites (N-methyl/N-ethyl adjacent to an activating group) is 1. The van der Waals surface area contributed by atoms with Crippen molar-refractivity contribution >= 4 is 0 Å². The van der Waals surface area contributed by atoms with Crippen LogP contribution < -0.4 is 0 Å². The van der Waals surface area contributed by atoms with Crippen molar-refractivity contribution in [1.29, 1.82) is 0 Å². The smallest absolute Gasteiger partial charge is 0.0946 e. The molecule has 1 aromatic rings. The second kappa shape index (κ2) is 6.72. The lowest BCUT2D eigenvalue weighted by Crippen LogP contribution is -2.50. The van der Waals surface area contributed by atoms with Gasteiger partial charge in [-0.25, -0.2) is 4.98 Å². The number of imidazole rings is 1. The molecule has 0 aromatic carbocycles. The Bertz CT molecular complexity index is 387. The maximum atomic E-state index is 4.11. The topological polar surface area (TPSA) is 24.3 Å². The standard InChI is InChI=1S/C16H28N4/c1-18(11-12-19-10-7-17-14-19)13-15-5-4-9-20-8-3-2-6-16(15)20/h7,10,14-16H,2-6,8-9,11-13H2,1H3/t15-,16+/m0/s1. The Kier molecular flexibility index (Phi) is 4.73. The van der Waals surface area contributed by atoms with Crippen molar-refractivity contribution < 1.29 is 0 Å². The normalized spacial score (nSPS) is 27.7. The average Bonchev–Trinajstić information content (AvgIpc) is 2.99. The summed E-state index contributed by atoms with van der Waals surface area (Å²) in [4.78, 5) is 9.39. The summed E-state index contributed by atoms with van der Waals surface area (Å²) in [5, 5.41) is 0. The molecule has 20 heavy (non-hydrogen) atoms. The van der Waals surface area contributed by atoms with E-state index >= 15 is 0 Å². The van der Waals surface area contributed by atoms with Crippen molar-refractivity contribution in [2.75, 3.05) is 33.2 Å². The van der Waals surface area contributed by atoms with Gasteiger partial charge in [0, 0.05) is 38.1 Å². The number of hydrogen-bond acceptors (Lipinski definition) is 3. The van der Waals surface area contributed by atoms with Crippen LogP contribution in [0.4, 0.5) is 0 Å². The first kappa shape index (κ1) is 14.1. The van der Waals surface area contributed by atoms with Crippen molar-refractivity contribution in [2.24, 2.45) is 5.92 Å². The molecule has 2 saturated heterocycles. The Morgan fingerprint density at radius 3 is 2.95 bits per heavy atom. The van der Waals surface area contributed by atoms with Gasteiger partial charge in [0.25, 0.3) is 0 Å². The Labute approximate surface area is 122 Å². The summed E-state index contributed by atoms with van der Waals surface area (Å²) in [6, 6.07) is 0.869. The monoisotopic (exact) mass is 276 g/mol. The van der Waals surface area contributed by atoms with Crippen LogP contribution in [0.3, 0.4) is 0 Å². The minimum atomic E-state index is 0.869. The third-order valence-electron chi connectivity index (χ3n) is 5.07. The number of rotatable bonds is 5. The van der Waals surface area contributed by atoms with E-state index in [-0.39, 0.29) is 0 Å². The van der Waals surface area contributed by atoms with Crippen LogP contribution in [0.5, 0.6) is 0 Å².